The normalized spacial score (nSPS) is 12.2. The fraction of sp³-hybridized carbons (Fsp3) is 0.571. The van der Waals surface area contributed by atoms with Crippen LogP contribution in [-0.4, -0.2) is 19.8 Å². The fourth-order valence-corrected chi connectivity index (χ4v) is 1.68. The molecule has 17 heavy (non-hydrogen) atoms. The second kappa shape index (κ2) is 7.17. The van der Waals surface area contributed by atoms with Gasteiger partial charge in [0.1, 0.15) is 0 Å². The van der Waals surface area contributed by atoms with E-state index in [9.17, 15) is 0 Å². The lowest BCUT2D eigenvalue weighted by atomic mass is 10.0. The average Bonchev–Trinajstić information content (AvgIpc) is 2.36. The highest BCUT2D eigenvalue weighted by atomic mass is 16.5. The van der Waals surface area contributed by atoms with Gasteiger partial charge in [0.05, 0.1) is 13.7 Å². The molecule has 1 atom stereocenters. The predicted molar refractivity (Wildman–Crippen MR) is 70.8 cm³/mol. The molecule has 0 aliphatic heterocycles. The van der Waals surface area contributed by atoms with E-state index in [0.29, 0.717) is 6.61 Å². The summed E-state index contributed by atoms with van der Waals surface area (Å²) in [6.07, 6.45) is 2.77. The van der Waals surface area contributed by atoms with Gasteiger partial charge in [-0.05, 0) is 30.9 Å². The van der Waals surface area contributed by atoms with Crippen LogP contribution >= 0.6 is 0 Å². The summed E-state index contributed by atoms with van der Waals surface area (Å²) in [7, 11) is 1.66. The Bertz CT molecular complexity index is 339. The number of hydrogen-bond donors (Lipinski definition) is 1. The van der Waals surface area contributed by atoms with Gasteiger partial charge in [0, 0.05) is 6.04 Å². The Morgan fingerprint density at radius 2 is 2.06 bits per heavy atom. The zero-order valence-corrected chi connectivity index (χ0v) is 11.0. The van der Waals surface area contributed by atoms with Crippen molar-refractivity contribution in [1.82, 2.24) is 0 Å². The molecule has 0 aliphatic rings. The molecule has 0 amide bonds. The Kier molecular flexibility index (Phi) is 5.84. The Morgan fingerprint density at radius 1 is 1.29 bits per heavy atom. The first-order chi connectivity index (χ1) is 8.22. The van der Waals surface area contributed by atoms with E-state index in [1.54, 1.807) is 7.11 Å². The van der Waals surface area contributed by atoms with Crippen LogP contribution in [0.15, 0.2) is 18.2 Å². The van der Waals surface area contributed by atoms with Crippen molar-refractivity contribution < 1.29 is 9.47 Å². The number of benzene rings is 1. The van der Waals surface area contributed by atoms with Crippen molar-refractivity contribution in [3.63, 3.8) is 0 Å². The quantitative estimate of drug-likeness (QED) is 0.793. The molecule has 0 aliphatic carbocycles. The van der Waals surface area contributed by atoms with Gasteiger partial charge in [0.2, 0.25) is 0 Å². The lowest BCUT2D eigenvalue weighted by molar-refractivity contribution is 0.290. The predicted octanol–water partition coefficient (Wildman–Crippen LogP) is 2.76. The van der Waals surface area contributed by atoms with Crippen LogP contribution in [0.25, 0.3) is 0 Å². The number of nitrogens with two attached hydrogens (primary N) is 1. The molecule has 96 valence electrons. The summed E-state index contributed by atoms with van der Waals surface area (Å²) in [5.74, 6) is 1.64. The van der Waals surface area contributed by atoms with E-state index >= 15 is 0 Å². The number of methoxy groups -OCH3 is 1. The van der Waals surface area contributed by atoms with E-state index in [1.165, 1.54) is 0 Å². The van der Waals surface area contributed by atoms with Crippen LogP contribution in [0, 0.1) is 0 Å². The summed E-state index contributed by atoms with van der Waals surface area (Å²) in [6, 6.07) is 6.13. The topological polar surface area (TPSA) is 44.5 Å². The van der Waals surface area contributed by atoms with Crippen LogP contribution in [0.4, 0.5) is 0 Å². The van der Waals surface area contributed by atoms with Crippen molar-refractivity contribution in [2.75, 3.05) is 13.7 Å². The van der Waals surface area contributed by atoms with Crippen LogP contribution in [0.2, 0.25) is 0 Å². The molecule has 0 saturated heterocycles. The van der Waals surface area contributed by atoms with Crippen LogP contribution in [0.3, 0.4) is 0 Å². The van der Waals surface area contributed by atoms with Gasteiger partial charge >= 0.3 is 0 Å². The third-order valence-corrected chi connectivity index (χ3v) is 2.74. The van der Waals surface area contributed by atoms with E-state index in [2.05, 4.69) is 19.9 Å². The van der Waals surface area contributed by atoms with Gasteiger partial charge in [0.25, 0.3) is 0 Å². The van der Waals surface area contributed by atoms with Crippen molar-refractivity contribution in [1.29, 1.82) is 0 Å². The highest BCUT2D eigenvalue weighted by molar-refractivity contribution is 5.47. The summed E-state index contributed by atoms with van der Waals surface area (Å²) in [5.41, 5.74) is 7.13. The molecule has 0 bridgehead atoms. The van der Waals surface area contributed by atoms with Gasteiger partial charge in [0.15, 0.2) is 11.5 Å². The molecule has 1 rings (SSSR count). The third kappa shape index (κ3) is 3.93. The van der Waals surface area contributed by atoms with Crippen molar-refractivity contribution in [2.45, 2.75) is 39.2 Å². The van der Waals surface area contributed by atoms with Crippen LogP contribution in [0.5, 0.6) is 11.5 Å². The highest BCUT2D eigenvalue weighted by Crippen LogP contribution is 2.32. The highest BCUT2D eigenvalue weighted by Gasteiger charge is 2.12. The SMILES string of the molecule is CCCOc1c(CC(N)CC)cccc1OC. The molecule has 0 heterocycles. The van der Waals surface area contributed by atoms with Crippen molar-refractivity contribution in [3.05, 3.63) is 23.8 Å². The van der Waals surface area contributed by atoms with Gasteiger partial charge in [-0.15, -0.1) is 0 Å². The summed E-state index contributed by atoms with van der Waals surface area (Å²) in [6.45, 7) is 4.89. The fourth-order valence-electron chi connectivity index (χ4n) is 1.68. The molecule has 2 N–H and O–H groups in total. The zero-order chi connectivity index (χ0) is 12.7. The minimum Gasteiger partial charge on any atom is -0.493 e. The lowest BCUT2D eigenvalue weighted by Crippen LogP contribution is -2.21. The van der Waals surface area contributed by atoms with Crippen LogP contribution in [-0.2, 0) is 6.42 Å². The lowest BCUT2D eigenvalue weighted by Gasteiger charge is -2.16. The molecule has 1 aromatic carbocycles. The smallest absolute Gasteiger partial charge is 0.164 e. The third-order valence-electron chi connectivity index (χ3n) is 2.74. The summed E-state index contributed by atoms with van der Waals surface area (Å²) in [5, 5.41) is 0. The zero-order valence-electron chi connectivity index (χ0n) is 11.0. The summed E-state index contributed by atoms with van der Waals surface area (Å²) in [4.78, 5) is 0. The average molecular weight is 237 g/mol. The van der Waals surface area contributed by atoms with Gasteiger partial charge < -0.3 is 15.2 Å². The molecule has 0 saturated carbocycles. The Balaban J connectivity index is 2.92. The van der Waals surface area contributed by atoms with E-state index in [-0.39, 0.29) is 6.04 Å². The van der Waals surface area contributed by atoms with Gasteiger partial charge in [-0.25, -0.2) is 0 Å². The molecule has 0 spiro atoms. The van der Waals surface area contributed by atoms with Gasteiger partial charge in [-0.1, -0.05) is 26.0 Å². The van der Waals surface area contributed by atoms with Crippen molar-refractivity contribution >= 4 is 0 Å². The number of ether oxygens (including phenoxy) is 2. The maximum Gasteiger partial charge on any atom is 0.164 e. The van der Waals surface area contributed by atoms with Gasteiger partial charge in [-0.3, -0.25) is 0 Å². The van der Waals surface area contributed by atoms with Crippen molar-refractivity contribution in [3.8, 4) is 11.5 Å². The van der Waals surface area contributed by atoms with Crippen LogP contribution < -0.4 is 15.2 Å². The molecule has 1 unspecified atom stereocenters. The minimum atomic E-state index is 0.172. The van der Waals surface area contributed by atoms with Crippen molar-refractivity contribution in [2.24, 2.45) is 5.73 Å². The van der Waals surface area contributed by atoms with E-state index in [0.717, 1.165) is 36.3 Å². The molecular weight excluding hydrogens is 214 g/mol. The monoisotopic (exact) mass is 237 g/mol. The van der Waals surface area contributed by atoms with E-state index in [1.807, 2.05) is 12.1 Å². The first kappa shape index (κ1) is 13.8. The second-order valence-corrected chi connectivity index (χ2v) is 4.17. The number of rotatable bonds is 7. The first-order valence-corrected chi connectivity index (χ1v) is 6.27. The summed E-state index contributed by atoms with van der Waals surface area (Å²) >= 11 is 0. The number of para-hydroxylation sites is 1. The molecule has 1 aromatic rings. The molecule has 3 heteroatoms. The Labute approximate surface area is 104 Å². The van der Waals surface area contributed by atoms with E-state index < -0.39 is 0 Å². The minimum absolute atomic E-state index is 0.172. The maximum absolute atomic E-state index is 6.00. The Morgan fingerprint density at radius 3 is 2.65 bits per heavy atom. The standard InChI is InChI=1S/C14H23NO2/c1-4-9-17-14-11(10-12(15)5-2)7-6-8-13(14)16-3/h6-8,12H,4-5,9-10,15H2,1-3H3. The van der Waals surface area contributed by atoms with E-state index in [4.69, 9.17) is 15.2 Å². The summed E-state index contributed by atoms with van der Waals surface area (Å²) < 4.78 is 11.1. The van der Waals surface area contributed by atoms with Crippen LogP contribution in [0.1, 0.15) is 32.3 Å². The number of hydrogen-bond acceptors (Lipinski definition) is 3. The molecule has 3 nitrogen and oxygen atoms in total. The molecular formula is C14H23NO2. The molecule has 0 radical (unpaired) electrons. The molecule has 0 aromatic heterocycles. The van der Waals surface area contributed by atoms with Gasteiger partial charge in [-0.2, -0.15) is 0 Å². The maximum atomic E-state index is 6.00. The second-order valence-electron chi connectivity index (χ2n) is 4.17. The largest absolute Gasteiger partial charge is 0.493 e. The molecule has 0 fully saturated rings. The first-order valence-electron chi connectivity index (χ1n) is 6.27. The Hall–Kier alpha value is -1.22.